The Balaban J connectivity index is 1.71. The van der Waals surface area contributed by atoms with E-state index in [0.717, 1.165) is 35.2 Å². The second kappa shape index (κ2) is 8.05. The topological polar surface area (TPSA) is 86.5 Å². The van der Waals surface area contributed by atoms with E-state index in [1.807, 2.05) is 24.3 Å². The van der Waals surface area contributed by atoms with Crippen molar-refractivity contribution in [1.29, 1.82) is 0 Å². The zero-order chi connectivity index (χ0) is 20.3. The Labute approximate surface area is 168 Å². The van der Waals surface area contributed by atoms with E-state index in [9.17, 15) is 10.1 Å². The van der Waals surface area contributed by atoms with Gasteiger partial charge in [-0.2, -0.15) is 0 Å². The molecular formula is C22H23N3O4. The Morgan fingerprint density at radius 1 is 1.17 bits per heavy atom. The second-order valence-corrected chi connectivity index (χ2v) is 7.26. The summed E-state index contributed by atoms with van der Waals surface area (Å²) in [5.74, 6) is 0.869. The molecular weight excluding hydrogens is 370 g/mol. The normalized spacial score (nSPS) is 15.8. The van der Waals surface area contributed by atoms with Crippen LogP contribution in [0.1, 0.15) is 18.4 Å². The first-order valence-corrected chi connectivity index (χ1v) is 9.61. The van der Waals surface area contributed by atoms with Crippen LogP contribution in [0.3, 0.4) is 0 Å². The summed E-state index contributed by atoms with van der Waals surface area (Å²) >= 11 is 0. The number of non-ortho nitro benzene ring substituents is 1. The molecule has 3 aromatic rings. The predicted octanol–water partition coefficient (Wildman–Crippen LogP) is 4.31. The van der Waals surface area contributed by atoms with Crippen LogP contribution in [0, 0.1) is 10.1 Å². The van der Waals surface area contributed by atoms with E-state index in [0.29, 0.717) is 25.1 Å². The Morgan fingerprint density at radius 3 is 2.72 bits per heavy atom. The van der Waals surface area contributed by atoms with Gasteiger partial charge in [-0.3, -0.25) is 15.1 Å². The monoisotopic (exact) mass is 393 g/mol. The second-order valence-electron chi connectivity index (χ2n) is 7.26. The van der Waals surface area contributed by atoms with Gasteiger partial charge in [-0.05, 0) is 31.0 Å². The molecule has 150 valence electrons. The molecule has 0 amide bonds. The number of benzene rings is 2. The molecule has 2 heterocycles. The fourth-order valence-corrected chi connectivity index (χ4v) is 4.14. The number of hydrogen-bond acceptors (Lipinski definition) is 6. The van der Waals surface area contributed by atoms with Crippen LogP contribution in [0.15, 0.2) is 54.9 Å². The zero-order valence-corrected chi connectivity index (χ0v) is 16.3. The molecule has 7 nitrogen and oxygen atoms in total. The molecule has 29 heavy (non-hydrogen) atoms. The van der Waals surface area contributed by atoms with Gasteiger partial charge in [0, 0.05) is 60.3 Å². The molecule has 4 rings (SSSR count). The summed E-state index contributed by atoms with van der Waals surface area (Å²) in [7, 11) is 1.69. The van der Waals surface area contributed by atoms with Crippen molar-refractivity contribution in [3.8, 4) is 5.75 Å². The minimum Gasteiger partial charge on any atom is -0.496 e. The lowest BCUT2D eigenvalue weighted by atomic mass is 9.73. The molecule has 1 aromatic heterocycles. The maximum absolute atomic E-state index is 11.4. The number of ether oxygens (including phenoxy) is 2. The van der Waals surface area contributed by atoms with E-state index >= 15 is 0 Å². The number of nitro benzene ring substituents is 1. The zero-order valence-electron chi connectivity index (χ0n) is 16.3. The van der Waals surface area contributed by atoms with E-state index in [1.54, 1.807) is 25.6 Å². The number of methoxy groups -OCH3 is 1. The number of rotatable bonds is 6. The van der Waals surface area contributed by atoms with Gasteiger partial charge < -0.3 is 14.8 Å². The minimum absolute atomic E-state index is 0.0594. The standard InChI is InChI=1S/C22H23N3O4/c1-28-21-5-3-2-4-18(21)22(9-12-29-13-10-22)15-24-19-6-7-20(25(26)27)17-14-23-11-8-16(17)19/h2-8,11,14,24H,9-10,12-13,15H2,1H3. The average molecular weight is 393 g/mol. The maximum Gasteiger partial charge on any atom is 0.278 e. The smallest absolute Gasteiger partial charge is 0.278 e. The van der Waals surface area contributed by atoms with Crippen molar-refractivity contribution in [2.24, 2.45) is 0 Å². The van der Waals surface area contributed by atoms with Crippen LogP contribution in [0.5, 0.6) is 5.75 Å². The summed E-state index contributed by atoms with van der Waals surface area (Å²) in [6.07, 6.45) is 4.93. The van der Waals surface area contributed by atoms with Crippen molar-refractivity contribution in [2.75, 3.05) is 32.2 Å². The molecule has 0 bridgehead atoms. The van der Waals surface area contributed by atoms with Crippen molar-refractivity contribution in [3.05, 3.63) is 70.5 Å². The third-order valence-electron chi connectivity index (χ3n) is 5.74. The number of aromatic nitrogens is 1. The molecule has 0 radical (unpaired) electrons. The summed E-state index contributed by atoms with van der Waals surface area (Å²) in [6, 6.07) is 13.2. The van der Waals surface area contributed by atoms with Gasteiger partial charge in [0.2, 0.25) is 0 Å². The fraction of sp³-hybridized carbons (Fsp3) is 0.318. The van der Waals surface area contributed by atoms with Gasteiger partial charge in [0.25, 0.3) is 5.69 Å². The van der Waals surface area contributed by atoms with E-state index < -0.39 is 0 Å². The molecule has 0 aliphatic carbocycles. The first-order valence-electron chi connectivity index (χ1n) is 9.61. The predicted molar refractivity (Wildman–Crippen MR) is 112 cm³/mol. The SMILES string of the molecule is COc1ccccc1C1(CNc2ccc([N+](=O)[O-])c3cnccc23)CCOCC1. The highest BCUT2D eigenvalue weighted by Gasteiger charge is 2.36. The van der Waals surface area contributed by atoms with Crippen LogP contribution in [0.25, 0.3) is 10.8 Å². The highest BCUT2D eigenvalue weighted by molar-refractivity contribution is 5.99. The lowest BCUT2D eigenvalue weighted by molar-refractivity contribution is -0.383. The van der Waals surface area contributed by atoms with E-state index in [-0.39, 0.29) is 16.0 Å². The third kappa shape index (κ3) is 3.61. The molecule has 1 saturated heterocycles. The number of fused-ring (bicyclic) bond motifs is 1. The van der Waals surface area contributed by atoms with Gasteiger partial charge >= 0.3 is 0 Å². The lowest BCUT2D eigenvalue weighted by Crippen LogP contribution is -2.40. The quantitative estimate of drug-likeness (QED) is 0.496. The van der Waals surface area contributed by atoms with E-state index in [4.69, 9.17) is 9.47 Å². The highest BCUT2D eigenvalue weighted by atomic mass is 16.6. The molecule has 0 spiro atoms. The van der Waals surface area contributed by atoms with Crippen LogP contribution in [-0.4, -0.2) is 36.8 Å². The van der Waals surface area contributed by atoms with E-state index in [1.165, 1.54) is 6.07 Å². The number of nitrogens with one attached hydrogen (secondary N) is 1. The molecule has 1 aliphatic rings. The number of pyridine rings is 1. The van der Waals surface area contributed by atoms with Crippen LogP contribution in [-0.2, 0) is 10.2 Å². The number of nitrogens with zero attached hydrogens (tertiary/aromatic N) is 2. The molecule has 0 saturated carbocycles. The Morgan fingerprint density at radius 2 is 1.97 bits per heavy atom. The van der Waals surface area contributed by atoms with Crippen LogP contribution in [0.2, 0.25) is 0 Å². The molecule has 0 unspecified atom stereocenters. The fourth-order valence-electron chi connectivity index (χ4n) is 4.14. The average Bonchev–Trinajstić information content (AvgIpc) is 2.77. The Bertz CT molecular complexity index is 1030. The largest absolute Gasteiger partial charge is 0.496 e. The molecule has 1 aliphatic heterocycles. The first kappa shape index (κ1) is 19.1. The molecule has 1 N–H and O–H groups in total. The number of hydrogen-bond donors (Lipinski definition) is 1. The number of nitro groups is 1. The summed E-state index contributed by atoms with van der Waals surface area (Å²) in [5, 5.41) is 16.2. The minimum atomic E-state index is -0.372. The summed E-state index contributed by atoms with van der Waals surface area (Å²) in [4.78, 5) is 15.1. The lowest BCUT2D eigenvalue weighted by Gasteiger charge is -2.39. The summed E-state index contributed by atoms with van der Waals surface area (Å²) < 4.78 is 11.3. The Kier molecular flexibility index (Phi) is 5.31. The van der Waals surface area contributed by atoms with E-state index in [2.05, 4.69) is 16.4 Å². The van der Waals surface area contributed by atoms with Crippen molar-refractivity contribution in [3.63, 3.8) is 0 Å². The van der Waals surface area contributed by atoms with Crippen molar-refractivity contribution in [2.45, 2.75) is 18.3 Å². The molecule has 2 aromatic carbocycles. The third-order valence-corrected chi connectivity index (χ3v) is 5.74. The van der Waals surface area contributed by atoms with Crippen LogP contribution >= 0.6 is 0 Å². The molecule has 1 fully saturated rings. The maximum atomic E-state index is 11.4. The van der Waals surface area contributed by atoms with Gasteiger partial charge in [-0.15, -0.1) is 0 Å². The van der Waals surface area contributed by atoms with Crippen molar-refractivity contribution < 1.29 is 14.4 Å². The highest BCUT2D eigenvalue weighted by Crippen LogP contribution is 2.40. The number of para-hydroxylation sites is 1. The van der Waals surface area contributed by atoms with Crippen LogP contribution in [0.4, 0.5) is 11.4 Å². The summed E-state index contributed by atoms with van der Waals surface area (Å²) in [5.41, 5.74) is 1.93. The van der Waals surface area contributed by atoms with Gasteiger partial charge in [0.05, 0.1) is 17.4 Å². The molecule has 7 heteroatoms. The number of anilines is 1. The summed E-state index contributed by atoms with van der Waals surface area (Å²) in [6.45, 7) is 2.04. The van der Waals surface area contributed by atoms with Gasteiger partial charge in [0.1, 0.15) is 5.75 Å². The Hall–Kier alpha value is -3.19. The molecule has 0 atom stereocenters. The van der Waals surface area contributed by atoms with Crippen molar-refractivity contribution in [1.82, 2.24) is 4.98 Å². The van der Waals surface area contributed by atoms with Gasteiger partial charge in [0.15, 0.2) is 0 Å². The van der Waals surface area contributed by atoms with Crippen molar-refractivity contribution >= 4 is 22.1 Å². The van der Waals surface area contributed by atoms with Gasteiger partial charge in [-0.1, -0.05) is 18.2 Å². The first-order chi connectivity index (χ1) is 14.1. The van der Waals surface area contributed by atoms with Crippen LogP contribution < -0.4 is 10.1 Å². The van der Waals surface area contributed by atoms with Gasteiger partial charge in [-0.25, -0.2) is 0 Å².